The molecule has 0 unspecified atom stereocenters. The number of halogens is 2. The van der Waals surface area contributed by atoms with Gasteiger partial charge in [-0.1, -0.05) is 0 Å². The Morgan fingerprint density at radius 2 is 1.90 bits per heavy atom. The van der Waals surface area contributed by atoms with Crippen LogP contribution in [0.2, 0.25) is 0 Å². The van der Waals surface area contributed by atoms with Crippen molar-refractivity contribution in [2.45, 2.75) is 13.8 Å². The predicted molar refractivity (Wildman–Crippen MR) is 107 cm³/mol. The molecule has 0 aliphatic rings. The second-order valence-electron chi connectivity index (χ2n) is 6.58. The lowest BCUT2D eigenvalue weighted by Gasteiger charge is -2.11. The van der Waals surface area contributed by atoms with Crippen LogP contribution in [0.4, 0.5) is 26.0 Å². The van der Waals surface area contributed by atoms with Gasteiger partial charge in [0.15, 0.2) is 23.1 Å². The minimum absolute atomic E-state index is 0.137. The molecule has 0 bridgehead atoms. The Morgan fingerprint density at radius 3 is 2.62 bits per heavy atom. The van der Waals surface area contributed by atoms with Gasteiger partial charge in [0.05, 0.1) is 11.9 Å². The third-order valence-corrected chi connectivity index (χ3v) is 4.44. The van der Waals surface area contributed by atoms with Gasteiger partial charge in [-0.25, -0.2) is 18.7 Å². The molecule has 2 aromatic carbocycles. The van der Waals surface area contributed by atoms with Crippen LogP contribution in [0.5, 0.6) is 0 Å². The fraction of sp³-hybridized carbons (Fsp3) is 0.0952. The summed E-state index contributed by atoms with van der Waals surface area (Å²) in [5.41, 5.74) is 4.05. The van der Waals surface area contributed by atoms with Crippen molar-refractivity contribution >= 4 is 28.7 Å². The number of carbonyl (C=O) groups excluding carboxylic acids is 1. The molecule has 1 amide bonds. The molecular formula is C21H17F2N5O. The number of anilines is 3. The maximum absolute atomic E-state index is 13.6. The number of aryl methyl sites for hydroxylation is 1. The van der Waals surface area contributed by atoms with Gasteiger partial charge >= 0.3 is 0 Å². The monoisotopic (exact) mass is 393 g/mol. The molecule has 0 saturated carbocycles. The van der Waals surface area contributed by atoms with Crippen LogP contribution in [-0.4, -0.2) is 20.3 Å². The van der Waals surface area contributed by atoms with Crippen LogP contribution in [0.1, 0.15) is 12.5 Å². The van der Waals surface area contributed by atoms with E-state index in [4.69, 9.17) is 0 Å². The van der Waals surface area contributed by atoms with Gasteiger partial charge in [0, 0.05) is 36.3 Å². The summed E-state index contributed by atoms with van der Waals surface area (Å²) in [5.74, 6) is -1.44. The van der Waals surface area contributed by atoms with Crippen LogP contribution in [0, 0.1) is 18.6 Å². The predicted octanol–water partition coefficient (Wildman–Crippen LogP) is 4.68. The molecule has 0 radical (unpaired) electrons. The zero-order chi connectivity index (χ0) is 20.5. The first-order chi connectivity index (χ1) is 13.9. The van der Waals surface area contributed by atoms with Crippen molar-refractivity contribution in [2.24, 2.45) is 0 Å². The maximum Gasteiger partial charge on any atom is 0.221 e. The molecule has 0 saturated heterocycles. The van der Waals surface area contributed by atoms with Crippen molar-refractivity contribution in [3.8, 4) is 11.3 Å². The molecule has 2 aromatic heterocycles. The van der Waals surface area contributed by atoms with Crippen molar-refractivity contribution < 1.29 is 13.6 Å². The zero-order valence-electron chi connectivity index (χ0n) is 15.7. The van der Waals surface area contributed by atoms with Gasteiger partial charge in [0.25, 0.3) is 0 Å². The first-order valence-electron chi connectivity index (χ1n) is 8.85. The van der Waals surface area contributed by atoms with E-state index in [9.17, 15) is 13.6 Å². The lowest BCUT2D eigenvalue weighted by Crippen LogP contribution is -2.07. The topological polar surface area (TPSA) is 71.3 Å². The molecule has 0 aliphatic carbocycles. The van der Waals surface area contributed by atoms with Crippen LogP contribution in [-0.2, 0) is 4.79 Å². The first kappa shape index (κ1) is 18.5. The Bertz CT molecular complexity index is 1240. The Hall–Kier alpha value is -3.81. The number of hydrogen-bond donors (Lipinski definition) is 2. The maximum atomic E-state index is 13.6. The average molecular weight is 393 g/mol. The Balaban J connectivity index is 1.69. The van der Waals surface area contributed by atoms with Crippen LogP contribution in [0.15, 0.2) is 55.0 Å². The second kappa shape index (κ2) is 7.31. The summed E-state index contributed by atoms with van der Waals surface area (Å²) in [4.78, 5) is 20.0. The highest BCUT2D eigenvalue weighted by atomic mass is 19.2. The van der Waals surface area contributed by atoms with Crippen molar-refractivity contribution in [3.05, 3.63) is 72.2 Å². The molecule has 29 heavy (non-hydrogen) atoms. The number of benzene rings is 2. The van der Waals surface area contributed by atoms with Gasteiger partial charge in [-0.2, -0.15) is 0 Å². The molecule has 2 N–H and O–H groups in total. The molecule has 0 aliphatic heterocycles. The highest BCUT2D eigenvalue weighted by molar-refractivity contribution is 5.90. The van der Waals surface area contributed by atoms with Crippen LogP contribution in [0.3, 0.4) is 0 Å². The first-order valence-corrected chi connectivity index (χ1v) is 8.85. The van der Waals surface area contributed by atoms with Gasteiger partial charge in [-0.3, -0.25) is 9.20 Å². The minimum atomic E-state index is -0.917. The van der Waals surface area contributed by atoms with Crippen LogP contribution >= 0.6 is 0 Å². The SMILES string of the molecule is CC(=O)Nc1ccc(Nc2nccn3c(-c4ccc(F)c(F)c4)cnc23)cc1C. The van der Waals surface area contributed by atoms with Crippen molar-refractivity contribution in [3.63, 3.8) is 0 Å². The molecule has 0 atom stereocenters. The largest absolute Gasteiger partial charge is 0.337 e. The van der Waals surface area contributed by atoms with E-state index in [1.54, 1.807) is 29.1 Å². The second-order valence-corrected chi connectivity index (χ2v) is 6.58. The smallest absolute Gasteiger partial charge is 0.221 e. The summed E-state index contributed by atoms with van der Waals surface area (Å²) in [6, 6.07) is 9.23. The number of carbonyl (C=O) groups is 1. The number of hydrogen-bond acceptors (Lipinski definition) is 4. The van der Waals surface area contributed by atoms with Crippen molar-refractivity contribution in [2.75, 3.05) is 10.6 Å². The van der Waals surface area contributed by atoms with Crippen LogP contribution < -0.4 is 10.6 Å². The molecule has 0 fully saturated rings. The van der Waals surface area contributed by atoms with Gasteiger partial charge in [0.1, 0.15) is 0 Å². The van der Waals surface area contributed by atoms with Gasteiger partial charge < -0.3 is 10.6 Å². The van der Waals surface area contributed by atoms with Gasteiger partial charge in [0.2, 0.25) is 5.91 Å². The number of nitrogens with one attached hydrogen (secondary N) is 2. The van der Waals surface area contributed by atoms with E-state index in [1.807, 2.05) is 19.1 Å². The highest BCUT2D eigenvalue weighted by Gasteiger charge is 2.13. The molecule has 8 heteroatoms. The number of amides is 1. The van der Waals surface area contributed by atoms with E-state index in [1.165, 1.54) is 13.0 Å². The number of aromatic nitrogens is 3. The lowest BCUT2D eigenvalue weighted by atomic mass is 10.1. The summed E-state index contributed by atoms with van der Waals surface area (Å²) < 4.78 is 28.6. The fourth-order valence-electron chi connectivity index (χ4n) is 3.08. The highest BCUT2D eigenvalue weighted by Crippen LogP contribution is 2.27. The van der Waals surface area contributed by atoms with Gasteiger partial charge in [-0.15, -0.1) is 0 Å². The number of imidazole rings is 1. The summed E-state index contributed by atoms with van der Waals surface area (Å²) in [7, 11) is 0. The fourth-order valence-corrected chi connectivity index (χ4v) is 3.08. The standard InChI is InChI=1S/C21H17F2N5O/c1-12-9-15(4-6-18(12)26-13(2)29)27-20-21-25-11-19(28(21)8-7-24-20)14-3-5-16(22)17(23)10-14/h3-11H,1-2H3,(H,24,27)(H,26,29). The Labute approximate surface area is 165 Å². The van der Waals surface area contributed by atoms with E-state index in [-0.39, 0.29) is 5.91 Å². The molecule has 4 aromatic rings. The summed E-state index contributed by atoms with van der Waals surface area (Å²) >= 11 is 0. The van der Waals surface area contributed by atoms with Crippen molar-refractivity contribution in [1.29, 1.82) is 0 Å². The van der Waals surface area contributed by atoms with E-state index in [2.05, 4.69) is 20.6 Å². The molecule has 2 heterocycles. The number of nitrogens with zero attached hydrogens (tertiary/aromatic N) is 3. The van der Waals surface area contributed by atoms with Gasteiger partial charge in [-0.05, 0) is 48.9 Å². The molecular weight excluding hydrogens is 376 g/mol. The third-order valence-electron chi connectivity index (χ3n) is 4.44. The average Bonchev–Trinajstić information content (AvgIpc) is 3.11. The number of fused-ring (bicyclic) bond motifs is 1. The normalized spacial score (nSPS) is 10.9. The lowest BCUT2D eigenvalue weighted by molar-refractivity contribution is -0.114. The van der Waals surface area contributed by atoms with E-state index < -0.39 is 11.6 Å². The number of rotatable bonds is 4. The quantitative estimate of drug-likeness (QED) is 0.528. The molecule has 6 nitrogen and oxygen atoms in total. The minimum Gasteiger partial charge on any atom is -0.337 e. The van der Waals surface area contributed by atoms with E-state index in [0.717, 1.165) is 29.1 Å². The molecule has 0 spiro atoms. The van der Waals surface area contributed by atoms with Crippen molar-refractivity contribution in [1.82, 2.24) is 14.4 Å². The van der Waals surface area contributed by atoms with E-state index >= 15 is 0 Å². The summed E-state index contributed by atoms with van der Waals surface area (Å²) in [6.45, 7) is 3.35. The summed E-state index contributed by atoms with van der Waals surface area (Å²) in [6.07, 6.45) is 4.88. The summed E-state index contributed by atoms with van der Waals surface area (Å²) in [5, 5.41) is 5.98. The molecule has 4 rings (SSSR count). The molecule has 146 valence electrons. The third kappa shape index (κ3) is 3.64. The van der Waals surface area contributed by atoms with Crippen LogP contribution in [0.25, 0.3) is 16.9 Å². The Kier molecular flexibility index (Phi) is 4.67. The van der Waals surface area contributed by atoms with E-state index in [0.29, 0.717) is 22.7 Å². The zero-order valence-corrected chi connectivity index (χ0v) is 15.7. The Morgan fingerprint density at radius 1 is 1.07 bits per heavy atom.